The smallest absolute Gasteiger partial charge is 0.158 e. The summed E-state index contributed by atoms with van der Waals surface area (Å²) in [6.45, 7) is 3.76. The molecule has 2 aromatic rings. The maximum atomic E-state index is 11.1. The molecule has 0 spiro atoms. The van der Waals surface area contributed by atoms with Crippen LogP contribution in [0, 0.1) is 0 Å². The Bertz CT molecular complexity index is 577. The van der Waals surface area contributed by atoms with Crippen molar-refractivity contribution in [1.82, 2.24) is 0 Å². The van der Waals surface area contributed by atoms with Crippen molar-refractivity contribution in [2.24, 2.45) is 0 Å². The molecule has 0 saturated carbocycles. The zero-order valence-electron chi connectivity index (χ0n) is 9.91. The summed E-state index contributed by atoms with van der Waals surface area (Å²) >= 11 is 0. The fraction of sp³-hybridized carbons (Fsp3) is 0.125. The number of fused-ring (bicyclic) bond motifs is 1. The topological polar surface area (TPSA) is 29.5 Å². The number of para-hydroxylation sites is 1. The maximum absolute atomic E-state index is 11.1. The molecule has 0 radical (unpaired) electrons. The van der Waals surface area contributed by atoms with E-state index < -0.39 is 11.7 Å². The highest BCUT2D eigenvalue weighted by Crippen LogP contribution is 2.45. The van der Waals surface area contributed by atoms with Gasteiger partial charge in [0.1, 0.15) is 5.75 Å². The van der Waals surface area contributed by atoms with E-state index in [-0.39, 0.29) is 0 Å². The molecule has 0 saturated heterocycles. The second-order valence-corrected chi connectivity index (χ2v) is 4.40. The average Bonchev–Trinajstić information content (AvgIpc) is 2.74. The maximum Gasteiger partial charge on any atom is 0.158 e. The first-order chi connectivity index (χ1) is 8.76. The van der Waals surface area contributed by atoms with Crippen molar-refractivity contribution in [3.63, 3.8) is 0 Å². The summed E-state index contributed by atoms with van der Waals surface area (Å²) in [6.07, 6.45) is 1.18. The van der Waals surface area contributed by atoms with E-state index in [1.165, 1.54) is 0 Å². The van der Waals surface area contributed by atoms with E-state index >= 15 is 0 Å². The van der Waals surface area contributed by atoms with E-state index in [9.17, 15) is 5.11 Å². The van der Waals surface area contributed by atoms with Crippen LogP contribution in [0.15, 0.2) is 67.3 Å². The molecule has 1 aliphatic heterocycles. The molecule has 2 atom stereocenters. The van der Waals surface area contributed by atoms with Crippen molar-refractivity contribution in [2.45, 2.75) is 11.7 Å². The van der Waals surface area contributed by atoms with E-state index in [0.29, 0.717) is 5.75 Å². The van der Waals surface area contributed by atoms with Gasteiger partial charge in [-0.3, -0.25) is 0 Å². The van der Waals surface area contributed by atoms with Crippen molar-refractivity contribution < 1.29 is 9.84 Å². The highest BCUT2D eigenvalue weighted by molar-refractivity contribution is 5.50. The molecular formula is C16H14O2. The minimum absolute atomic E-state index is 0.461. The average molecular weight is 238 g/mol. The molecule has 2 heteroatoms. The zero-order valence-corrected chi connectivity index (χ0v) is 9.91. The molecule has 90 valence electrons. The van der Waals surface area contributed by atoms with Crippen molar-refractivity contribution in [2.75, 3.05) is 0 Å². The molecule has 2 aromatic carbocycles. The Labute approximate surface area is 106 Å². The first-order valence-corrected chi connectivity index (χ1v) is 5.93. The largest absolute Gasteiger partial charge is 0.482 e. The van der Waals surface area contributed by atoms with E-state index in [0.717, 1.165) is 11.1 Å². The Morgan fingerprint density at radius 3 is 2.44 bits per heavy atom. The molecule has 0 amide bonds. The Hall–Kier alpha value is -2.06. The quantitative estimate of drug-likeness (QED) is 0.815. The SMILES string of the molecule is C=C[C@@H]1Oc2ccccc2[C@@]1(O)c1ccccc1. The Morgan fingerprint density at radius 2 is 1.72 bits per heavy atom. The molecule has 2 nitrogen and oxygen atoms in total. The third-order valence-electron chi connectivity index (χ3n) is 3.39. The van der Waals surface area contributed by atoms with Crippen LogP contribution in [0.25, 0.3) is 0 Å². The van der Waals surface area contributed by atoms with E-state index in [2.05, 4.69) is 6.58 Å². The van der Waals surface area contributed by atoms with E-state index in [4.69, 9.17) is 4.74 Å². The second-order valence-electron chi connectivity index (χ2n) is 4.40. The van der Waals surface area contributed by atoms with Gasteiger partial charge in [-0.15, -0.1) is 0 Å². The normalized spacial score (nSPS) is 25.3. The van der Waals surface area contributed by atoms with E-state index in [1.54, 1.807) is 6.08 Å². The molecule has 18 heavy (non-hydrogen) atoms. The third kappa shape index (κ3) is 1.39. The first-order valence-electron chi connectivity index (χ1n) is 5.93. The van der Waals surface area contributed by atoms with Gasteiger partial charge in [-0.1, -0.05) is 55.1 Å². The second kappa shape index (κ2) is 4.00. The Morgan fingerprint density at radius 1 is 1.06 bits per heavy atom. The molecule has 0 aliphatic carbocycles. The van der Waals surface area contributed by atoms with Crippen LogP contribution in [-0.4, -0.2) is 11.2 Å². The van der Waals surface area contributed by atoms with Gasteiger partial charge in [0.25, 0.3) is 0 Å². The van der Waals surface area contributed by atoms with Crippen molar-refractivity contribution in [3.8, 4) is 5.75 Å². The lowest BCUT2D eigenvalue weighted by Gasteiger charge is -2.27. The summed E-state index contributed by atoms with van der Waals surface area (Å²) in [7, 11) is 0. The number of aliphatic hydroxyl groups is 1. The third-order valence-corrected chi connectivity index (χ3v) is 3.39. The number of benzene rings is 2. The molecule has 1 heterocycles. The van der Waals surface area contributed by atoms with Gasteiger partial charge in [-0.2, -0.15) is 0 Å². The summed E-state index contributed by atoms with van der Waals surface area (Å²) in [5.74, 6) is 0.716. The van der Waals surface area contributed by atoms with Gasteiger partial charge in [-0.05, 0) is 17.7 Å². The van der Waals surface area contributed by atoms with Gasteiger partial charge >= 0.3 is 0 Å². The van der Waals surface area contributed by atoms with Crippen molar-refractivity contribution in [3.05, 3.63) is 78.4 Å². The van der Waals surface area contributed by atoms with Gasteiger partial charge in [0.15, 0.2) is 11.7 Å². The molecule has 1 N–H and O–H groups in total. The van der Waals surface area contributed by atoms with E-state index in [1.807, 2.05) is 54.6 Å². The van der Waals surface area contributed by atoms with Gasteiger partial charge in [0.2, 0.25) is 0 Å². The summed E-state index contributed by atoms with van der Waals surface area (Å²) < 4.78 is 5.76. The molecule has 0 aromatic heterocycles. The van der Waals surface area contributed by atoms with Gasteiger partial charge in [0, 0.05) is 5.56 Å². The van der Waals surface area contributed by atoms with Gasteiger partial charge < -0.3 is 9.84 Å². The summed E-state index contributed by atoms with van der Waals surface area (Å²) in [6, 6.07) is 17.1. The summed E-state index contributed by atoms with van der Waals surface area (Å²) in [5.41, 5.74) is 0.459. The highest BCUT2D eigenvalue weighted by Gasteiger charge is 2.47. The predicted molar refractivity (Wildman–Crippen MR) is 70.5 cm³/mol. The number of hydrogen-bond acceptors (Lipinski definition) is 2. The molecule has 0 bridgehead atoms. The van der Waals surface area contributed by atoms with Crippen LogP contribution in [0.4, 0.5) is 0 Å². The number of ether oxygens (including phenoxy) is 1. The standard InChI is InChI=1S/C16H14O2/c1-2-15-16(17,12-8-4-3-5-9-12)13-10-6-7-11-14(13)18-15/h2-11,15,17H,1H2/t15-,16-/m0/s1. The Kier molecular flexibility index (Phi) is 2.46. The number of hydrogen-bond donors (Lipinski definition) is 1. The fourth-order valence-corrected chi connectivity index (χ4v) is 2.49. The lowest BCUT2D eigenvalue weighted by atomic mass is 9.83. The molecule has 1 aliphatic rings. The van der Waals surface area contributed by atoms with Crippen molar-refractivity contribution in [1.29, 1.82) is 0 Å². The van der Waals surface area contributed by atoms with Crippen molar-refractivity contribution >= 4 is 0 Å². The molecule has 3 rings (SSSR count). The predicted octanol–water partition coefficient (Wildman–Crippen LogP) is 2.87. The van der Waals surface area contributed by atoms with Crippen LogP contribution in [-0.2, 0) is 5.60 Å². The lowest BCUT2D eigenvalue weighted by molar-refractivity contribution is 0.0185. The number of rotatable bonds is 2. The molecule has 0 unspecified atom stereocenters. The van der Waals surface area contributed by atoms with Crippen LogP contribution in [0.3, 0.4) is 0 Å². The van der Waals surface area contributed by atoms with Crippen LogP contribution in [0.2, 0.25) is 0 Å². The van der Waals surface area contributed by atoms with Gasteiger partial charge in [0.05, 0.1) is 0 Å². The van der Waals surface area contributed by atoms with Gasteiger partial charge in [-0.25, -0.2) is 0 Å². The molecule has 0 fully saturated rings. The monoisotopic (exact) mass is 238 g/mol. The van der Waals surface area contributed by atoms with Crippen LogP contribution in [0.1, 0.15) is 11.1 Å². The lowest BCUT2D eigenvalue weighted by Crippen LogP contribution is -2.37. The fourth-order valence-electron chi connectivity index (χ4n) is 2.49. The summed E-state index contributed by atoms with van der Waals surface area (Å²) in [4.78, 5) is 0. The zero-order chi connectivity index (χ0) is 12.6. The van der Waals surface area contributed by atoms with Crippen LogP contribution >= 0.6 is 0 Å². The minimum Gasteiger partial charge on any atom is -0.482 e. The molecular weight excluding hydrogens is 224 g/mol. The Balaban J connectivity index is 2.22. The van der Waals surface area contributed by atoms with Crippen LogP contribution < -0.4 is 4.74 Å². The van der Waals surface area contributed by atoms with Crippen LogP contribution in [0.5, 0.6) is 5.75 Å². The minimum atomic E-state index is -1.15. The summed E-state index contributed by atoms with van der Waals surface area (Å²) in [5, 5.41) is 11.1. The highest BCUT2D eigenvalue weighted by atomic mass is 16.5. The first kappa shape index (κ1) is 11.1.